The second kappa shape index (κ2) is 7.02. The van der Waals surface area contributed by atoms with Gasteiger partial charge in [0.2, 0.25) is 0 Å². The summed E-state index contributed by atoms with van der Waals surface area (Å²) < 4.78 is 10.3. The van der Waals surface area contributed by atoms with E-state index in [9.17, 15) is 4.79 Å². The Hall–Kier alpha value is -1.71. The quantitative estimate of drug-likeness (QED) is 0.860. The lowest BCUT2D eigenvalue weighted by atomic mass is 10.0. The number of nitrogens with one attached hydrogen (secondary N) is 1. The molecule has 0 aromatic heterocycles. The van der Waals surface area contributed by atoms with Crippen LogP contribution in [-0.2, 0) is 0 Å². The maximum Gasteiger partial charge on any atom is 0.255 e. The number of rotatable bonds is 6. The molecule has 0 unspecified atom stereocenters. The summed E-state index contributed by atoms with van der Waals surface area (Å²) in [5.74, 6) is 1.62. The van der Waals surface area contributed by atoms with Gasteiger partial charge in [-0.2, -0.15) is 0 Å². The number of carbonyl (C=O) groups excluding carboxylic acids is 1. The van der Waals surface area contributed by atoms with Crippen molar-refractivity contribution in [3.8, 4) is 11.5 Å². The van der Waals surface area contributed by atoms with Crippen molar-refractivity contribution in [3.63, 3.8) is 0 Å². The fourth-order valence-corrected chi connectivity index (χ4v) is 2.05. The van der Waals surface area contributed by atoms with E-state index in [4.69, 9.17) is 9.47 Å². The highest BCUT2D eigenvalue weighted by Gasteiger charge is 2.15. The molecule has 1 rings (SSSR count). The van der Waals surface area contributed by atoms with Gasteiger partial charge in [-0.25, -0.2) is 0 Å². The fourth-order valence-electron chi connectivity index (χ4n) is 2.05. The lowest BCUT2D eigenvalue weighted by Crippen LogP contribution is -2.33. The van der Waals surface area contributed by atoms with Crippen LogP contribution >= 0.6 is 0 Å². The van der Waals surface area contributed by atoms with E-state index in [1.165, 1.54) is 0 Å². The average Bonchev–Trinajstić information content (AvgIpc) is 2.36. The maximum absolute atomic E-state index is 12.2. The first kappa shape index (κ1) is 15.3. The Morgan fingerprint density at radius 1 is 1.21 bits per heavy atom. The van der Waals surface area contributed by atoms with Gasteiger partial charge in [0.25, 0.3) is 5.91 Å². The van der Waals surface area contributed by atoms with E-state index in [0.717, 1.165) is 6.42 Å². The third-order valence-electron chi connectivity index (χ3n) is 2.86. The molecule has 1 amide bonds. The minimum atomic E-state index is -0.118. The van der Waals surface area contributed by atoms with Crippen molar-refractivity contribution < 1.29 is 14.3 Å². The molecule has 0 saturated heterocycles. The standard InChI is InChI=1S/C15H23NO3/c1-10(2)8-11(3)16-15(17)13-7-6-12(18-4)9-14(13)19-5/h6-7,9-11H,8H2,1-5H3,(H,16,17)/t11-/m1/s1. The number of ether oxygens (including phenoxy) is 2. The van der Waals surface area contributed by atoms with E-state index in [1.807, 2.05) is 6.92 Å². The van der Waals surface area contributed by atoms with Crippen molar-refractivity contribution in [2.24, 2.45) is 5.92 Å². The molecule has 1 aromatic carbocycles. The molecule has 0 spiro atoms. The molecule has 0 bridgehead atoms. The van der Waals surface area contributed by atoms with Gasteiger partial charge in [-0.1, -0.05) is 13.8 Å². The van der Waals surface area contributed by atoms with Gasteiger partial charge < -0.3 is 14.8 Å². The van der Waals surface area contributed by atoms with E-state index in [1.54, 1.807) is 32.4 Å². The molecular weight excluding hydrogens is 242 g/mol. The highest BCUT2D eigenvalue weighted by molar-refractivity contribution is 5.97. The summed E-state index contributed by atoms with van der Waals surface area (Å²) in [6.07, 6.45) is 0.949. The van der Waals surface area contributed by atoms with Crippen molar-refractivity contribution in [1.29, 1.82) is 0 Å². The van der Waals surface area contributed by atoms with E-state index >= 15 is 0 Å². The summed E-state index contributed by atoms with van der Waals surface area (Å²) in [6, 6.07) is 5.32. The van der Waals surface area contributed by atoms with Gasteiger partial charge in [-0.3, -0.25) is 4.79 Å². The van der Waals surface area contributed by atoms with Gasteiger partial charge in [0, 0.05) is 12.1 Å². The van der Waals surface area contributed by atoms with Crippen molar-refractivity contribution in [3.05, 3.63) is 23.8 Å². The molecule has 0 saturated carbocycles. The third-order valence-corrected chi connectivity index (χ3v) is 2.86. The molecule has 0 radical (unpaired) electrons. The third kappa shape index (κ3) is 4.47. The van der Waals surface area contributed by atoms with Crippen LogP contribution in [0.15, 0.2) is 18.2 Å². The molecule has 0 aliphatic heterocycles. The van der Waals surface area contributed by atoms with Crippen molar-refractivity contribution >= 4 is 5.91 Å². The van der Waals surface area contributed by atoms with Gasteiger partial charge in [0.1, 0.15) is 11.5 Å². The number of methoxy groups -OCH3 is 2. The molecule has 1 atom stereocenters. The number of carbonyl (C=O) groups is 1. The fraction of sp³-hybridized carbons (Fsp3) is 0.533. The first-order chi connectivity index (χ1) is 8.97. The summed E-state index contributed by atoms with van der Waals surface area (Å²) in [4.78, 5) is 12.2. The minimum absolute atomic E-state index is 0.118. The molecule has 0 aliphatic rings. The molecule has 1 aromatic rings. The molecule has 0 heterocycles. The molecule has 4 heteroatoms. The lowest BCUT2D eigenvalue weighted by Gasteiger charge is -2.17. The van der Waals surface area contributed by atoms with Crippen LogP contribution in [0.1, 0.15) is 37.6 Å². The largest absolute Gasteiger partial charge is 0.497 e. The van der Waals surface area contributed by atoms with Crippen LogP contribution < -0.4 is 14.8 Å². The molecule has 106 valence electrons. The normalized spacial score (nSPS) is 12.1. The zero-order valence-corrected chi connectivity index (χ0v) is 12.3. The molecule has 0 fully saturated rings. The lowest BCUT2D eigenvalue weighted by molar-refractivity contribution is 0.0933. The molecule has 19 heavy (non-hydrogen) atoms. The van der Waals surface area contributed by atoms with E-state index < -0.39 is 0 Å². The van der Waals surface area contributed by atoms with Crippen LogP contribution in [0.4, 0.5) is 0 Å². The van der Waals surface area contributed by atoms with E-state index in [2.05, 4.69) is 19.2 Å². The smallest absolute Gasteiger partial charge is 0.255 e. The summed E-state index contributed by atoms with van der Waals surface area (Å²) in [5.41, 5.74) is 0.527. The summed E-state index contributed by atoms with van der Waals surface area (Å²) in [5, 5.41) is 2.98. The van der Waals surface area contributed by atoms with Crippen LogP contribution in [0.3, 0.4) is 0 Å². The zero-order valence-electron chi connectivity index (χ0n) is 12.3. The topological polar surface area (TPSA) is 47.6 Å². The van der Waals surface area contributed by atoms with E-state index in [0.29, 0.717) is 23.0 Å². The van der Waals surface area contributed by atoms with Crippen LogP contribution in [0.5, 0.6) is 11.5 Å². The number of hydrogen-bond donors (Lipinski definition) is 1. The Bertz CT molecular complexity index is 429. The van der Waals surface area contributed by atoms with Gasteiger partial charge in [-0.05, 0) is 31.4 Å². The van der Waals surface area contributed by atoms with Crippen LogP contribution in [-0.4, -0.2) is 26.2 Å². The van der Waals surface area contributed by atoms with Gasteiger partial charge in [-0.15, -0.1) is 0 Å². The van der Waals surface area contributed by atoms with Gasteiger partial charge in [0.15, 0.2) is 0 Å². The molecular formula is C15H23NO3. The average molecular weight is 265 g/mol. The monoisotopic (exact) mass is 265 g/mol. The number of amides is 1. The second-order valence-corrected chi connectivity index (χ2v) is 5.07. The van der Waals surface area contributed by atoms with Crippen molar-refractivity contribution in [1.82, 2.24) is 5.32 Å². The highest BCUT2D eigenvalue weighted by Crippen LogP contribution is 2.24. The highest BCUT2D eigenvalue weighted by atomic mass is 16.5. The predicted octanol–water partition coefficient (Wildman–Crippen LogP) is 2.87. The SMILES string of the molecule is COc1ccc(C(=O)N[C@H](C)CC(C)C)c(OC)c1. The Balaban J connectivity index is 2.81. The Labute approximate surface area is 115 Å². The maximum atomic E-state index is 12.2. The van der Waals surface area contributed by atoms with Crippen molar-refractivity contribution in [2.75, 3.05) is 14.2 Å². The number of benzene rings is 1. The summed E-state index contributed by atoms with van der Waals surface area (Å²) in [6.45, 7) is 6.28. The number of hydrogen-bond acceptors (Lipinski definition) is 3. The van der Waals surface area contributed by atoms with Crippen LogP contribution in [0.25, 0.3) is 0 Å². The van der Waals surface area contributed by atoms with Crippen molar-refractivity contribution in [2.45, 2.75) is 33.2 Å². The minimum Gasteiger partial charge on any atom is -0.497 e. The van der Waals surface area contributed by atoms with E-state index in [-0.39, 0.29) is 11.9 Å². The first-order valence-electron chi connectivity index (χ1n) is 6.50. The molecule has 4 nitrogen and oxygen atoms in total. The Morgan fingerprint density at radius 2 is 1.89 bits per heavy atom. The predicted molar refractivity (Wildman–Crippen MR) is 75.9 cm³/mol. The molecule has 0 aliphatic carbocycles. The van der Waals surface area contributed by atoms with Crippen LogP contribution in [0, 0.1) is 5.92 Å². The molecule has 1 N–H and O–H groups in total. The summed E-state index contributed by atoms with van der Waals surface area (Å²) in [7, 11) is 3.13. The zero-order chi connectivity index (χ0) is 14.4. The van der Waals surface area contributed by atoms with Crippen LogP contribution in [0.2, 0.25) is 0 Å². The first-order valence-corrected chi connectivity index (χ1v) is 6.50. The Morgan fingerprint density at radius 3 is 2.42 bits per heavy atom. The van der Waals surface area contributed by atoms with Gasteiger partial charge >= 0.3 is 0 Å². The van der Waals surface area contributed by atoms with Gasteiger partial charge in [0.05, 0.1) is 19.8 Å². The second-order valence-electron chi connectivity index (χ2n) is 5.07. The Kier molecular flexibility index (Phi) is 5.67. The summed E-state index contributed by atoms with van der Waals surface area (Å²) >= 11 is 0.